The van der Waals surface area contributed by atoms with Crippen molar-refractivity contribution in [1.82, 2.24) is 10.3 Å². The Morgan fingerprint density at radius 3 is 2.59 bits per heavy atom. The Bertz CT molecular complexity index is 829. The predicted molar refractivity (Wildman–Crippen MR) is 121 cm³/mol. The molecule has 2 aromatic rings. The van der Waals surface area contributed by atoms with Crippen LogP contribution >= 0.6 is 23.2 Å². The van der Waals surface area contributed by atoms with Crippen molar-refractivity contribution in [3.8, 4) is 5.75 Å². The van der Waals surface area contributed by atoms with Crippen molar-refractivity contribution < 1.29 is 9.53 Å². The topological polar surface area (TPSA) is 87.1 Å². The van der Waals surface area contributed by atoms with Gasteiger partial charge in [0.1, 0.15) is 16.7 Å². The van der Waals surface area contributed by atoms with Crippen molar-refractivity contribution in [2.45, 2.75) is 33.6 Å². The minimum absolute atomic E-state index is 0.0747. The van der Waals surface area contributed by atoms with Crippen molar-refractivity contribution in [3.05, 3.63) is 51.1 Å². The van der Waals surface area contributed by atoms with Gasteiger partial charge < -0.3 is 20.8 Å². The monoisotopic (exact) mass is 438 g/mol. The zero-order valence-electron chi connectivity index (χ0n) is 17.2. The third-order valence-corrected chi connectivity index (χ3v) is 4.36. The summed E-state index contributed by atoms with van der Waals surface area (Å²) < 4.78 is 5.19. The van der Waals surface area contributed by atoms with Gasteiger partial charge in [-0.15, -0.1) is 0 Å². The third-order valence-electron chi connectivity index (χ3n) is 3.93. The zero-order valence-corrected chi connectivity index (χ0v) is 18.7. The van der Waals surface area contributed by atoms with Gasteiger partial charge in [-0.1, -0.05) is 36.5 Å². The average Bonchev–Trinajstić information content (AvgIpc) is 2.66. The van der Waals surface area contributed by atoms with Gasteiger partial charge in [-0.2, -0.15) is 0 Å². The molecule has 1 amide bonds. The maximum Gasteiger partial charge on any atom is 0.216 e. The molecule has 158 valence electrons. The zero-order chi connectivity index (χ0) is 21.8. The number of aryl methyl sites for hydroxylation is 2. The number of anilines is 1. The normalized spacial score (nSPS) is 9.86. The van der Waals surface area contributed by atoms with Gasteiger partial charge in [-0.3, -0.25) is 4.79 Å². The molecule has 0 aliphatic carbocycles. The van der Waals surface area contributed by atoms with Gasteiger partial charge in [-0.25, -0.2) is 4.98 Å². The molecule has 0 spiro atoms. The molecule has 0 saturated carbocycles. The highest BCUT2D eigenvalue weighted by molar-refractivity contribution is 6.30. The molecule has 0 bridgehead atoms. The van der Waals surface area contributed by atoms with Crippen LogP contribution in [0.1, 0.15) is 37.0 Å². The largest absolute Gasteiger partial charge is 0.496 e. The molecule has 0 saturated heterocycles. The number of hydrogen-bond acceptors (Lipinski definition) is 5. The van der Waals surface area contributed by atoms with Crippen LogP contribution in [0.15, 0.2) is 24.3 Å². The number of halogens is 2. The Kier molecular flexibility index (Phi) is 11.1. The number of benzene rings is 1. The molecule has 29 heavy (non-hydrogen) atoms. The van der Waals surface area contributed by atoms with Gasteiger partial charge in [0.05, 0.1) is 7.11 Å². The molecule has 2 rings (SSSR count). The van der Waals surface area contributed by atoms with Gasteiger partial charge in [0, 0.05) is 36.8 Å². The Balaban J connectivity index is 0.000000308. The summed E-state index contributed by atoms with van der Waals surface area (Å²) in [5.41, 5.74) is 2.78. The molecule has 1 aromatic heterocycles. The second kappa shape index (κ2) is 13.0. The fraction of sp³-hybridized carbons (Fsp3) is 0.381. The first-order valence-electron chi connectivity index (χ1n) is 9.30. The standard InChI is InChI=1S/C11H15ClN4O.C10H13ClO/c1-7-5-10(12)16-11(9(7)6-13)15-4-3-14-8(2)17;1-3-4-8-7-9(11)5-6-10(8)12-2/h5-6,13H,3-4H2,1-2H3,(H,14,17)(H,15,16);5-7H,3-4H2,1-2H3. The lowest BCUT2D eigenvalue weighted by atomic mass is 10.1. The lowest BCUT2D eigenvalue weighted by Crippen LogP contribution is -2.26. The summed E-state index contributed by atoms with van der Waals surface area (Å²) in [5, 5.41) is 14.2. The Hall–Kier alpha value is -2.31. The number of nitrogens with one attached hydrogen (secondary N) is 3. The number of methoxy groups -OCH3 is 1. The van der Waals surface area contributed by atoms with E-state index < -0.39 is 0 Å². The molecule has 0 fully saturated rings. The quantitative estimate of drug-likeness (QED) is 0.311. The Labute approximate surface area is 182 Å². The molecule has 0 unspecified atom stereocenters. The fourth-order valence-corrected chi connectivity index (χ4v) is 3.03. The van der Waals surface area contributed by atoms with E-state index in [4.69, 9.17) is 33.3 Å². The average molecular weight is 439 g/mol. The number of pyridine rings is 1. The first kappa shape index (κ1) is 24.7. The molecule has 0 aliphatic heterocycles. The van der Waals surface area contributed by atoms with Gasteiger partial charge in [0.25, 0.3) is 0 Å². The highest BCUT2D eigenvalue weighted by atomic mass is 35.5. The molecule has 3 N–H and O–H groups in total. The van der Waals surface area contributed by atoms with Crippen LogP contribution < -0.4 is 15.4 Å². The minimum atomic E-state index is -0.0747. The highest BCUT2D eigenvalue weighted by Crippen LogP contribution is 2.23. The molecule has 0 atom stereocenters. The first-order chi connectivity index (χ1) is 13.8. The van der Waals surface area contributed by atoms with Crippen molar-refractivity contribution in [2.75, 3.05) is 25.5 Å². The smallest absolute Gasteiger partial charge is 0.216 e. The molecule has 8 heteroatoms. The summed E-state index contributed by atoms with van der Waals surface area (Å²) in [6.07, 6.45) is 3.36. The van der Waals surface area contributed by atoms with E-state index in [1.807, 2.05) is 25.1 Å². The van der Waals surface area contributed by atoms with Crippen molar-refractivity contribution >= 4 is 41.1 Å². The molecule has 6 nitrogen and oxygen atoms in total. The van der Waals surface area contributed by atoms with Crippen LogP contribution in [-0.4, -0.2) is 37.3 Å². The molecule has 1 aromatic carbocycles. The Morgan fingerprint density at radius 1 is 1.28 bits per heavy atom. The van der Waals surface area contributed by atoms with Crippen molar-refractivity contribution in [2.24, 2.45) is 0 Å². The number of aromatic nitrogens is 1. The molecule has 0 aliphatic rings. The van der Waals surface area contributed by atoms with E-state index in [1.54, 1.807) is 13.2 Å². The van der Waals surface area contributed by atoms with Crippen LogP contribution in [-0.2, 0) is 11.2 Å². The van der Waals surface area contributed by atoms with Crippen LogP contribution in [0.5, 0.6) is 5.75 Å². The summed E-state index contributed by atoms with van der Waals surface area (Å²) in [6, 6.07) is 7.43. The minimum Gasteiger partial charge on any atom is -0.496 e. The lowest BCUT2D eigenvalue weighted by molar-refractivity contribution is -0.118. The molecular formula is C21H28Cl2N4O2. The van der Waals surface area contributed by atoms with E-state index in [2.05, 4.69) is 22.5 Å². The lowest BCUT2D eigenvalue weighted by Gasteiger charge is -2.11. The molecule has 1 heterocycles. The number of amides is 1. The number of hydrogen-bond donors (Lipinski definition) is 3. The second-order valence-electron chi connectivity index (χ2n) is 6.28. The number of rotatable bonds is 8. The summed E-state index contributed by atoms with van der Waals surface area (Å²) in [6.45, 7) is 6.51. The summed E-state index contributed by atoms with van der Waals surface area (Å²) in [4.78, 5) is 14.8. The van der Waals surface area contributed by atoms with Crippen LogP contribution in [0.2, 0.25) is 10.2 Å². The SMILES string of the molecule is CC(=O)NCCNc1nc(Cl)cc(C)c1C=N.CCCc1cc(Cl)ccc1OC. The number of carbonyl (C=O) groups excluding carboxylic acids is 1. The third kappa shape index (κ3) is 8.71. The summed E-state index contributed by atoms with van der Waals surface area (Å²) >= 11 is 11.7. The van der Waals surface area contributed by atoms with E-state index in [-0.39, 0.29) is 5.91 Å². The second-order valence-corrected chi connectivity index (χ2v) is 7.11. The number of carbonyl (C=O) groups is 1. The van der Waals surface area contributed by atoms with E-state index >= 15 is 0 Å². The van der Waals surface area contributed by atoms with Gasteiger partial charge in [-0.05, 0) is 48.7 Å². The summed E-state index contributed by atoms with van der Waals surface area (Å²) in [7, 11) is 1.68. The number of ether oxygens (including phenoxy) is 1. The van der Waals surface area contributed by atoms with Gasteiger partial charge >= 0.3 is 0 Å². The number of nitrogens with zero attached hydrogens (tertiary/aromatic N) is 1. The molecule has 0 radical (unpaired) electrons. The predicted octanol–water partition coefficient (Wildman–Crippen LogP) is 4.89. The molecular weight excluding hydrogens is 411 g/mol. The maximum atomic E-state index is 10.7. The van der Waals surface area contributed by atoms with Crippen LogP contribution in [0, 0.1) is 12.3 Å². The van der Waals surface area contributed by atoms with Crippen LogP contribution in [0.25, 0.3) is 0 Å². The van der Waals surface area contributed by atoms with Crippen molar-refractivity contribution in [3.63, 3.8) is 0 Å². The first-order valence-corrected chi connectivity index (χ1v) is 10.1. The van der Waals surface area contributed by atoms with Crippen molar-refractivity contribution in [1.29, 1.82) is 5.41 Å². The van der Waals surface area contributed by atoms with Crippen LogP contribution in [0.4, 0.5) is 5.82 Å². The van der Waals surface area contributed by atoms with Crippen LogP contribution in [0.3, 0.4) is 0 Å². The van der Waals surface area contributed by atoms with E-state index in [0.29, 0.717) is 29.6 Å². The highest BCUT2D eigenvalue weighted by Gasteiger charge is 2.06. The van der Waals surface area contributed by atoms with E-state index in [1.165, 1.54) is 18.7 Å². The van der Waals surface area contributed by atoms with Gasteiger partial charge in [0.15, 0.2) is 0 Å². The van der Waals surface area contributed by atoms with E-state index in [0.717, 1.165) is 29.2 Å². The fourth-order valence-electron chi connectivity index (χ4n) is 2.59. The summed E-state index contributed by atoms with van der Waals surface area (Å²) in [5.74, 6) is 1.42. The maximum absolute atomic E-state index is 10.7. The Morgan fingerprint density at radius 2 is 2.00 bits per heavy atom. The van der Waals surface area contributed by atoms with Gasteiger partial charge in [0.2, 0.25) is 5.91 Å². The van der Waals surface area contributed by atoms with E-state index in [9.17, 15) is 4.79 Å².